The second kappa shape index (κ2) is 3.61. The van der Waals surface area contributed by atoms with Crippen molar-refractivity contribution in [3.8, 4) is 0 Å². The third-order valence-corrected chi connectivity index (χ3v) is 4.60. The summed E-state index contributed by atoms with van der Waals surface area (Å²) in [6, 6.07) is 0. The maximum absolute atomic E-state index is 11.6. The van der Waals surface area contributed by atoms with Crippen molar-refractivity contribution in [2.45, 2.75) is 51.0 Å². The highest BCUT2D eigenvalue weighted by Gasteiger charge is 2.52. The Morgan fingerprint density at radius 2 is 1.62 bits per heavy atom. The van der Waals surface area contributed by atoms with Gasteiger partial charge in [-0.25, -0.2) is 4.79 Å². The molecule has 0 aromatic carbocycles. The average Bonchev–Trinajstić information content (AvgIpc) is 2.13. The predicted octanol–water partition coefficient (Wildman–Crippen LogP) is 3.07. The van der Waals surface area contributed by atoms with E-state index in [0.29, 0.717) is 0 Å². The molecular formula is C14H20O2. The number of carbonyl (C=O) groups excluding carboxylic acids is 1. The standard InChI is InChI=1S/C14H20O2/c1-2-3-13(15)16-14-7-10-4-11(8-14)6-12(5-10)9-14/h2-3,10-12H,4-9H2,1H3. The molecule has 4 aliphatic carbocycles. The Bertz CT molecular complexity index is 294. The van der Waals surface area contributed by atoms with Crippen molar-refractivity contribution < 1.29 is 9.53 Å². The molecule has 4 rings (SSSR count). The van der Waals surface area contributed by atoms with Gasteiger partial charge in [-0.1, -0.05) is 6.08 Å². The van der Waals surface area contributed by atoms with Crippen molar-refractivity contribution in [3.63, 3.8) is 0 Å². The molecule has 4 bridgehead atoms. The zero-order valence-corrected chi connectivity index (χ0v) is 9.95. The van der Waals surface area contributed by atoms with E-state index in [1.807, 2.05) is 6.92 Å². The summed E-state index contributed by atoms with van der Waals surface area (Å²) in [5, 5.41) is 0. The normalized spacial score (nSPS) is 45.2. The quantitative estimate of drug-likeness (QED) is 0.528. The molecule has 0 saturated heterocycles. The van der Waals surface area contributed by atoms with Gasteiger partial charge in [-0.05, 0) is 63.2 Å². The molecule has 0 radical (unpaired) electrons. The van der Waals surface area contributed by atoms with Crippen LogP contribution in [-0.4, -0.2) is 11.6 Å². The van der Waals surface area contributed by atoms with Crippen molar-refractivity contribution in [3.05, 3.63) is 12.2 Å². The van der Waals surface area contributed by atoms with Crippen molar-refractivity contribution in [1.29, 1.82) is 0 Å². The lowest BCUT2D eigenvalue weighted by atomic mass is 9.54. The number of carbonyl (C=O) groups is 1. The van der Waals surface area contributed by atoms with Gasteiger partial charge < -0.3 is 4.74 Å². The fourth-order valence-corrected chi connectivity index (χ4v) is 4.54. The summed E-state index contributed by atoms with van der Waals surface area (Å²) in [7, 11) is 0. The summed E-state index contributed by atoms with van der Waals surface area (Å²) in [5.41, 5.74) is -0.0780. The van der Waals surface area contributed by atoms with E-state index in [1.54, 1.807) is 12.2 Å². The van der Waals surface area contributed by atoms with Gasteiger partial charge in [0.2, 0.25) is 0 Å². The molecular weight excluding hydrogens is 200 g/mol. The summed E-state index contributed by atoms with van der Waals surface area (Å²) in [6.07, 6.45) is 10.9. The van der Waals surface area contributed by atoms with Crippen LogP contribution in [0.4, 0.5) is 0 Å². The lowest BCUT2D eigenvalue weighted by Crippen LogP contribution is -2.52. The first-order valence-corrected chi connectivity index (χ1v) is 6.55. The Hall–Kier alpha value is -0.790. The van der Waals surface area contributed by atoms with Gasteiger partial charge in [0.1, 0.15) is 5.60 Å². The number of ether oxygens (including phenoxy) is 1. The fourth-order valence-electron chi connectivity index (χ4n) is 4.54. The molecule has 0 aromatic heterocycles. The van der Waals surface area contributed by atoms with Gasteiger partial charge in [0, 0.05) is 6.08 Å². The van der Waals surface area contributed by atoms with Gasteiger partial charge in [0.15, 0.2) is 0 Å². The third kappa shape index (κ3) is 1.68. The molecule has 88 valence electrons. The van der Waals surface area contributed by atoms with E-state index in [4.69, 9.17) is 4.74 Å². The van der Waals surface area contributed by atoms with Crippen LogP contribution in [0, 0.1) is 17.8 Å². The van der Waals surface area contributed by atoms with E-state index in [2.05, 4.69) is 0 Å². The minimum absolute atomic E-state index is 0.0780. The highest BCUT2D eigenvalue weighted by Crippen LogP contribution is 2.57. The van der Waals surface area contributed by atoms with Crippen LogP contribution in [0.2, 0.25) is 0 Å². The van der Waals surface area contributed by atoms with Crippen molar-refractivity contribution in [2.75, 3.05) is 0 Å². The molecule has 4 fully saturated rings. The smallest absolute Gasteiger partial charge is 0.330 e. The molecule has 0 atom stereocenters. The SMILES string of the molecule is CC=CC(=O)OC12CC3CC(CC(C3)C1)C2. The van der Waals surface area contributed by atoms with E-state index in [0.717, 1.165) is 37.0 Å². The summed E-state index contributed by atoms with van der Waals surface area (Å²) in [6.45, 7) is 1.86. The van der Waals surface area contributed by atoms with Gasteiger partial charge in [-0.15, -0.1) is 0 Å². The van der Waals surface area contributed by atoms with Crippen molar-refractivity contribution in [1.82, 2.24) is 0 Å². The lowest BCUT2D eigenvalue weighted by molar-refractivity contribution is -0.181. The maximum Gasteiger partial charge on any atom is 0.330 e. The predicted molar refractivity (Wildman–Crippen MR) is 61.8 cm³/mol. The van der Waals surface area contributed by atoms with Crippen LogP contribution in [0.15, 0.2) is 12.2 Å². The highest BCUT2D eigenvalue weighted by molar-refractivity contribution is 5.82. The monoisotopic (exact) mass is 220 g/mol. The molecule has 2 heteroatoms. The summed E-state index contributed by atoms with van der Waals surface area (Å²) >= 11 is 0. The number of rotatable bonds is 2. The number of hydrogen-bond donors (Lipinski definition) is 0. The van der Waals surface area contributed by atoms with Crippen LogP contribution >= 0.6 is 0 Å². The van der Waals surface area contributed by atoms with Gasteiger partial charge in [-0.3, -0.25) is 0 Å². The number of allylic oxidation sites excluding steroid dienone is 1. The van der Waals surface area contributed by atoms with Gasteiger partial charge in [-0.2, -0.15) is 0 Å². The number of hydrogen-bond acceptors (Lipinski definition) is 2. The van der Waals surface area contributed by atoms with Gasteiger partial charge in [0.25, 0.3) is 0 Å². The van der Waals surface area contributed by atoms with Crippen molar-refractivity contribution >= 4 is 5.97 Å². The van der Waals surface area contributed by atoms with Crippen molar-refractivity contribution in [2.24, 2.45) is 17.8 Å². The first-order valence-electron chi connectivity index (χ1n) is 6.55. The molecule has 4 aliphatic rings. The molecule has 0 heterocycles. The Kier molecular flexibility index (Phi) is 2.34. The largest absolute Gasteiger partial charge is 0.456 e. The van der Waals surface area contributed by atoms with E-state index in [9.17, 15) is 4.79 Å². The molecule has 4 saturated carbocycles. The van der Waals surface area contributed by atoms with Crippen LogP contribution in [0.25, 0.3) is 0 Å². The molecule has 0 amide bonds. The number of esters is 1. The molecule has 0 unspecified atom stereocenters. The van der Waals surface area contributed by atoms with Gasteiger partial charge >= 0.3 is 5.97 Å². The average molecular weight is 220 g/mol. The third-order valence-electron chi connectivity index (χ3n) is 4.60. The first-order chi connectivity index (χ1) is 7.69. The van der Waals surface area contributed by atoms with E-state index in [1.165, 1.54) is 19.3 Å². The van der Waals surface area contributed by atoms with Crippen LogP contribution in [-0.2, 0) is 9.53 Å². The lowest BCUT2D eigenvalue weighted by Gasteiger charge is -2.55. The Labute approximate surface area is 97.1 Å². The maximum atomic E-state index is 11.6. The summed E-state index contributed by atoms with van der Waals surface area (Å²) in [4.78, 5) is 11.6. The molecule has 0 aliphatic heterocycles. The van der Waals surface area contributed by atoms with Crippen LogP contribution in [0.1, 0.15) is 45.4 Å². The van der Waals surface area contributed by atoms with E-state index in [-0.39, 0.29) is 11.6 Å². The Morgan fingerprint density at radius 3 is 2.06 bits per heavy atom. The van der Waals surface area contributed by atoms with Gasteiger partial charge in [0.05, 0.1) is 0 Å². The topological polar surface area (TPSA) is 26.3 Å². The Morgan fingerprint density at radius 1 is 1.12 bits per heavy atom. The summed E-state index contributed by atoms with van der Waals surface area (Å²) < 4.78 is 5.77. The first kappa shape index (κ1) is 10.4. The summed E-state index contributed by atoms with van der Waals surface area (Å²) in [5.74, 6) is 2.38. The fraction of sp³-hybridized carbons (Fsp3) is 0.786. The highest BCUT2D eigenvalue weighted by atomic mass is 16.6. The zero-order valence-electron chi connectivity index (χ0n) is 9.95. The molecule has 2 nitrogen and oxygen atoms in total. The second-order valence-electron chi connectivity index (χ2n) is 6.02. The minimum atomic E-state index is -0.135. The zero-order chi connectivity index (χ0) is 11.2. The second-order valence-corrected chi connectivity index (χ2v) is 6.02. The minimum Gasteiger partial charge on any atom is -0.456 e. The van der Waals surface area contributed by atoms with Crippen LogP contribution in [0.5, 0.6) is 0 Å². The van der Waals surface area contributed by atoms with Crippen LogP contribution in [0.3, 0.4) is 0 Å². The molecule has 0 aromatic rings. The van der Waals surface area contributed by atoms with E-state index < -0.39 is 0 Å². The molecule has 16 heavy (non-hydrogen) atoms. The Balaban J connectivity index is 1.76. The van der Waals surface area contributed by atoms with Crippen LogP contribution < -0.4 is 0 Å². The molecule has 0 spiro atoms. The van der Waals surface area contributed by atoms with E-state index >= 15 is 0 Å². The molecule has 0 N–H and O–H groups in total.